The lowest BCUT2D eigenvalue weighted by molar-refractivity contribution is 0.422. The largest absolute Gasteiger partial charge is 0.462 e. The van der Waals surface area contributed by atoms with Crippen molar-refractivity contribution in [3.8, 4) is 11.5 Å². The van der Waals surface area contributed by atoms with Crippen LogP contribution in [0.4, 0.5) is 0 Å². The van der Waals surface area contributed by atoms with Gasteiger partial charge in [0.15, 0.2) is 0 Å². The van der Waals surface area contributed by atoms with Crippen LogP contribution in [0.2, 0.25) is 0 Å². The first-order chi connectivity index (χ1) is 7.95. The van der Waals surface area contributed by atoms with Crippen molar-refractivity contribution in [3.05, 3.63) is 73.2 Å². The van der Waals surface area contributed by atoms with E-state index in [1.807, 2.05) is 60.7 Å². The van der Waals surface area contributed by atoms with Crippen LogP contribution in [-0.4, -0.2) is 0 Å². The zero-order chi connectivity index (χ0) is 11.1. The van der Waals surface area contributed by atoms with Gasteiger partial charge in [-0.15, -0.1) is 0 Å². The monoisotopic (exact) mass is 212 g/mol. The number of hydrogen-bond acceptors (Lipinski definition) is 2. The van der Waals surface area contributed by atoms with Gasteiger partial charge < -0.3 is 9.47 Å². The van der Waals surface area contributed by atoms with E-state index in [2.05, 4.69) is 0 Å². The van der Waals surface area contributed by atoms with Gasteiger partial charge >= 0.3 is 0 Å². The summed E-state index contributed by atoms with van der Waals surface area (Å²) < 4.78 is 10.6. The average Bonchev–Trinajstić information content (AvgIpc) is 2.37. The van der Waals surface area contributed by atoms with Crippen molar-refractivity contribution in [1.82, 2.24) is 0 Å². The van der Waals surface area contributed by atoms with Crippen molar-refractivity contribution < 1.29 is 9.47 Å². The second kappa shape index (κ2) is 5.61. The van der Waals surface area contributed by atoms with E-state index >= 15 is 0 Å². The van der Waals surface area contributed by atoms with E-state index in [0.29, 0.717) is 0 Å². The molecule has 0 fully saturated rings. The molecule has 0 heterocycles. The molecule has 16 heavy (non-hydrogen) atoms. The van der Waals surface area contributed by atoms with E-state index in [9.17, 15) is 0 Å². The summed E-state index contributed by atoms with van der Waals surface area (Å²) in [4.78, 5) is 0. The van der Waals surface area contributed by atoms with Gasteiger partial charge in [0, 0.05) is 0 Å². The average molecular weight is 212 g/mol. The van der Waals surface area contributed by atoms with Crippen molar-refractivity contribution in [3.63, 3.8) is 0 Å². The van der Waals surface area contributed by atoms with Crippen molar-refractivity contribution in [1.29, 1.82) is 0 Å². The highest BCUT2D eigenvalue weighted by atomic mass is 16.5. The fourth-order valence-electron chi connectivity index (χ4n) is 1.21. The van der Waals surface area contributed by atoms with E-state index in [-0.39, 0.29) is 0 Å². The predicted molar refractivity (Wildman–Crippen MR) is 63.3 cm³/mol. The van der Waals surface area contributed by atoms with Crippen molar-refractivity contribution in [2.75, 3.05) is 0 Å². The highest BCUT2D eigenvalue weighted by Gasteiger charge is 1.87. The molecule has 0 aliphatic carbocycles. The van der Waals surface area contributed by atoms with Gasteiger partial charge in [-0.05, 0) is 24.3 Å². The minimum Gasteiger partial charge on any atom is -0.462 e. The molecule has 2 heteroatoms. The lowest BCUT2D eigenvalue weighted by Crippen LogP contribution is -1.85. The van der Waals surface area contributed by atoms with E-state index in [0.717, 1.165) is 11.5 Å². The molecular weight excluding hydrogens is 200 g/mol. The molecule has 0 saturated carbocycles. The van der Waals surface area contributed by atoms with Crippen LogP contribution in [-0.2, 0) is 0 Å². The summed E-state index contributed by atoms with van der Waals surface area (Å²) in [5.41, 5.74) is 0. The quantitative estimate of drug-likeness (QED) is 0.721. The van der Waals surface area contributed by atoms with Crippen LogP contribution in [0.3, 0.4) is 0 Å². The summed E-state index contributed by atoms with van der Waals surface area (Å²) in [6.45, 7) is 0. The third-order valence-corrected chi connectivity index (χ3v) is 1.95. The molecule has 0 radical (unpaired) electrons. The van der Waals surface area contributed by atoms with Crippen LogP contribution >= 0.6 is 0 Å². The van der Waals surface area contributed by atoms with Gasteiger partial charge in [0.1, 0.15) is 24.0 Å². The lowest BCUT2D eigenvalue weighted by atomic mass is 10.3. The van der Waals surface area contributed by atoms with Crippen LogP contribution in [0, 0.1) is 0 Å². The predicted octanol–water partition coefficient (Wildman–Crippen LogP) is 3.62. The summed E-state index contributed by atoms with van der Waals surface area (Å²) >= 11 is 0. The Morgan fingerprint density at radius 3 is 1.31 bits per heavy atom. The molecule has 0 saturated heterocycles. The molecule has 0 bridgehead atoms. The molecule has 0 atom stereocenters. The molecule has 2 aromatic rings. The van der Waals surface area contributed by atoms with Gasteiger partial charge in [-0.1, -0.05) is 36.4 Å². The van der Waals surface area contributed by atoms with Gasteiger partial charge in [-0.3, -0.25) is 0 Å². The molecule has 0 amide bonds. The van der Waals surface area contributed by atoms with E-state index in [1.54, 1.807) is 0 Å². The number of rotatable bonds is 4. The molecule has 0 aliphatic heterocycles. The minimum atomic E-state index is 0.787. The molecule has 0 aromatic heterocycles. The van der Waals surface area contributed by atoms with E-state index in [1.165, 1.54) is 12.5 Å². The molecule has 2 aromatic carbocycles. The smallest absolute Gasteiger partial charge is 0.126 e. The van der Waals surface area contributed by atoms with Gasteiger partial charge in [-0.2, -0.15) is 0 Å². The van der Waals surface area contributed by atoms with Crippen molar-refractivity contribution in [2.24, 2.45) is 0 Å². The van der Waals surface area contributed by atoms with Crippen LogP contribution in [0.15, 0.2) is 73.2 Å². The summed E-state index contributed by atoms with van der Waals surface area (Å²) in [5, 5.41) is 0. The standard InChI is InChI=1S/C14H12O2/c1-3-7-13(8-4-1)15-11-12-16-14-9-5-2-6-10-14/h1-12H/b12-11+. The summed E-state index contributed by atoms with van der Waals surface area (Å²) in [6.07, 6.45) is 3.03. The maximum absolute atomic E-state index is 5.32. The Hall–Kier alpha value is -2.22. The zero-order valence-electron chi connectivity index (χ0n) is 8.74. The van der Waals surface area contributed by atoms with Crippen LogP contribution in [0.1, 0.15) is 0 Å². The number of ether oxygens (including phenoxy) is 2. The van der Waals surface area contributed by atoms with Gasteiger partial charge in [0.25, 0.3) is 0 Å². The first-order valence-corrected chi connectivity index (χ1v) is 5.03. The minimum absolute atomic E-state index is 0.787. The molecule has 0 N–H and O–H groups in total. The highest BCUT2D eigenvalue weighted by molar-refractivity contribution is 5.23. The molecule has 2 nitrogen and oxygen atoms in total. The normalized spacial score (nSPS) is 10.2. The molecule has 2 rings (SSSR count). The molecule has 80 valence electrons. The molecular formula is C14H12O2. The summed E-state index contributed by atoms with van der Waals surface area (Å²) in [6, 6.07) is 19.1. The maximum Gasteiger partial charge on any atom is 0.126 e. The Bertz CT molecular complexity index is 391. The number of benzene rings is 2. The summed E-state index contributed by atoms with van der Waals surface area (Å²) in [7, 11) is 0. The Morgan fingerprint density at radius 2 is 0.938 bits per heavy atom. The number of para-hydroxylation sites is 2. The van der Waals surface area contributed by atoms with E-state index in [4.69, 9.17) is 9.47 Å². The third-order valence-electron chi connectivity index (χ3n) is 1.95. The highest BCUT2D eigenvalue weighted by Crippen LogP contribution is 2.10. The van der Waals surface area contributed by atoms with Gasteiger partial charge in [0.2, 0.25) is 0 Å². The fraction of sp³-hybridized carbons (Fsp3) is 0. The topological polar surface area (TPSA) is 18.5 Å². The van der Waals surface area contributed by atoms with Crippen molar-refractivity contribution >= 4 is 0 Å². The Labute approximate surface area is 94.8 Å². The van der Waals surface area contributed by atoms with E-state index < -0.39 is 0 Å². The fourth-order valence-corrected chi connectivity index (χ4v) is 1.21. The Morgan fingerprint density at radius 1 is 0.562 bits per heavy atom. The van der Waals surface area contributed by atoms with Crippen molar-refractivity contribution in [2.45, 2.75) is 0 Å². The Balaban J connectivity index is 1.83. The first-order valence-electron chi connectivity index (χ1n) is 5.03. The second-order valence-electron chi connectivity index (χ2n) is 3.13. The molecule has 0 aliphatic rings. The van der Waals surface area contributed by atoms with Crippen LogP contribution in [0.25, 0.3) is 0 Å². The van der Waals surface area contributed by atoms with Crippen LogP contribution in [0.5, 0.6) is 11.5 Å². The maximum atomic E-state index is 5.32. The first kappa shape index (κ1) is 10.3. The lowest BCUT2D eigenvalue weighted by Gasteiger charge is -2.00. The molecule has 0 unspecified atom stereocenters. The SMILES string of the molecule is C(=C\Oc1ccccc1)/Oc1ccccc1. The van der Waals surface area contributed by atoms with Crippen LogP contribution < -0.4 is 9.47 Å². The van der Waals surface area contributed by atoms with Gasteiger partial charge in [-0.25, -0.2) is 0 Å². The van der Waals surface area contributed by atoms with Gasteiger partial charge in [0.05, 0.1) is 0 Å². The summed E-state index contributed by atoms with van der Waals surface area (Å²) in [5.74, 6) is 1.57. The second-order valence-corrected chi connectivity index (χ2v) is 3.13. The number of hydrogen-bond donors (Lipinski definition) is 0. The zero-order valence-corrected chi connectivity index (χ0v) is 8.74. The molecule has 0 spiro atoms. The Kier molecular flexibility index (Phi) is 3.61. The third kappa shape index (κ3) is 3.17.